The van der Waals surface area contributed by atoms with Crippen LogP contribution in [0.5, 0.6) is 0 Å². The zero-order valence-corrected chi connectivity index (χ0v) is 12.4. The third-order valence-corrected chi connectivity index (χ3v) is 4.56. The first kappa shape index (κ1) is 13.1. The molecule has 3 aromatic rings. The van der Waals surface area contributed by atoms with Crippen molar-refractivity contribution in [3.8, 4) is 0 Å². The molecular weight excluding hydrogens is 268 g/mol. The molecule has 2 heterocycles. The van der Waals surface area contributed by atoms with E-state index in [-0.39, 0.29) is 0 Å². The van der Waals surface area contributed by atoms with Crippen LogP contribution >= 0.6 is 11.3 Å². The van der Waals surface area contributed by atoms with Crippen LogP contribution in [0.1, 0.15) is 40.8 Å². The van der Waals surface area contributed by atoms with Gasteiger partial charge in [0.25, 0.3) is 0 Å². The van der Waals surface area contributed by atoms with Crippen molar-refractivity contribution >= 4 is 28.5 Å². The van der Waals surface area contributed by atoms with Crippen LogP contribution < -0.4 is 0 Å². The number of benzene rings is 1. The molecule has 102 valence electrons. The first-order chi connectivity index (χ1) is 9.69. The zero-order valence-electron chi connectivity index (χ0n) is 11.5. The van der Waals surface area contributed by atoms with Gasteiger partial charge >= 0.3 is 0 Å². The summed E-state index contributed by atoms with van der Waals surface area (Å²) >= 11 is 1.71. The molecule has 4 heteroatoms. The minimum absolute atomic E-state index is 0.469. The lowest BCUT2D eigenvalue weighted by Gasteiger charge is -2.04. The molecule has 3 nitrogen and oxygen atoms in total. The number of nitrogens with zero attached hydrogens (tertiary/aromatic N) is 2. The van der Waals surface area contributed by atoms with Gasteiger partial charge in [-0.3, -0.25) is 4.79 Å². The van der Waals surface area contributed by atoms with Crippen molar-refractivity contribution in [2.24, 2.45) is 0 Å². The van der Waals surface area contributed by atoms with Crippen LogP contribution in [-0.4, -0.2) is 15.8 Å². The SMILES string of the molecule is CC(C)c1nc(Cn2ccc3c(C=O)cccc32)cs1. The highest BCUT2D eigenvalue weighted by atomic mass is 32.1. The van der Waals surface area contributed by atoms with E-state index in [2.05, 4.69) is 28.8 Å². The smallest absolute Gasteiger partial charge is 0.150 e. The van der Waals surface area contributed by atoms with Crippen molar-refractivity contribution in [1.29, 1.82) is 0 Å². The lowest BCUT2D eigenvalue weighted by molar-refractivity contribution is 0.112. The monoisotopic (exact) mass is 284 g/mol. The molecule has 0 atom stereocenters. The van der Waals surface area contributed by atoms with E-state index in [9.17, 15) is 4.79 Å². The van der Waals surface area contributed by atoms with Crippen molar-refractivity contribution in [3.63, 3.8) is 0 Å². The fourth-order valence-corrected chi connectivity index (χ4v) is 3.15. The summed E-state index contributed by atoms with van der Waals surface area (Å²) in [6.45, 7) is 5.06. The molecule has 1 aromatic carbocycles. The zero-order chi connectivity index (χ0) is 14.1. The number of hydrogen-bond donors (Lipinski definition) is 0. The van der Waals surface area contributed by atoms with Gasteiger partial charge in [-0.1, -0.05) is 26.0 Å². The Morgan fingerprint density at radius 3 is 2.90 bits per heavy atom. The largest absolute Gasteiger partial charge is 0.341 e. The van der Waals surface area contributed by atoms with Gasteiger partial charge in [-0.05, 0) is 12.1 Å². The molecule has 0 aliphatic carbocycles. The summed E-state index contributed by atoms with van der Waals surface area (Å²) in [7, 11) is 0. The van der Waals surface area contributed by atoms with E-state index in [1.54, 1.807) is 11.3 Å². The predicted molar refractivity (Wildman–Crippen MR) is 82.6 cm³/mol. The Morgan fingerprint density at radius 2 is 2.20 bits per heavy atom. The predicted octanol–water partition coefficient (Wildman–Crippen LogP) is 4.08. The quantitative estimate of drug-likeness (QED) is 0.677. The number of carbonyl (C=O) groups excluding carboxylic acids is 1. The lowest BCUT2D eigenvalue weighted by atomic mass is 10.1. The molecule has 0 radical (unpaired) electrons. The van der Waals surface area contributed by atoms with Gasteiger partial charge in [0.2, 0.25) is 0 Å². The Hall–Kier alpha value is -1.94. The van der Waals surface area contributed by atoms with E-state index in [0.717, 1.165) is 35.0 Å². The summed E-state index contributed by atoms with van der Waals surface area (Å²) < 4.78 is 2.14. The fraction of sp³-hybridized carbons (Fsp3) is 0.250. The van der Waals surface area contributed by atoms with E-state index < -0.39 is 0 Å². The molecule has 20 heavy (non-hydrogen) atoms. The van der Waals surface area contributed by atoms with Crippen LogP contribution in [0, 0.1) is 0 Å². The van der Waals surface area contributed by atoms with Gasteiger partial charge in [-0.25, -0.2) is 4.98 Å². The molecule has 0 saturated heterocycles. The number of aldehydes is 1. The maximum absolute atomic E-state index is 11.0. The molecule has 0 amide bonds. The Morgan fingerprint density at radius 1 is 1.35 bits per heavy atom. The van der Waals surface area contributed by atoms with Gasteiger partial charge in [-0.15, -0.1) is 11.3 Å². The van der Waals surface area contributed by atoms with E-state index in [0.29, 0.717) is 5.92 Å². The highest BCUT2D eigenvalue weighted by Crippen LogP contribution is 2.23. The summed E-state index contributed by atoms with van der Waals surface area (Å²) in [5.41, 5.74) is 2.89. The van der Waals surface area contributed by atoms with E-state index >= 15 is 0 Å². The number of thiazole rings is 1. The Labute approximate surface area is 121 Å². The molecule has 0 spiro atoms. The fourth-order valence-electron chi connectivity index (χ4n) is 2.32. The first-order valence-electron chi connectivity index (χ1n) is 6.66. The Kier molecular flexibility index (Phi) is 3.40. The second kappa shape index (κ2) is 5.21. The number of carbonyl (C=O) groups is 1. The first-order valence-corrected chi connectivity index (χ1v) is 7.54. The van der Waals surface area contributed by atoms with Crippen LogP contribution in [0.3, 0.4) is 0 Å². The van der Waals surface area contributed by atoms with Crippen molar-refractivity contribution in [3.05, 3.63) is 52.1 Å². The average Bonchev–Trinajstić information content (AvgIpc) is 3.06. The molecule has 2 aromatic heterocycles. The summed E-state index contributed by atoms with van der Waals surface area (Å²) in [4.78, 5) is 15.7. The van der Waals surface area contributed by atoms with Crippen molar-refractivity contribution in [2.75, 3.05) is 0 Å². The van der Waals surface area contributed by atoms with Crippen LogP contribution in [0.25, 0.3) is 10.9 Å². The van der Waals surface area contributed by atoms with Gasteiger partial charge < -0.3 is 4.57 Å². The number of rotatable bonds is 4. The third-order valence-electron chi connectivity index (χ3n) is 3.37. The molecule has 0 N–H and O–H groups in total. The van der Waals surface area contributed by atoms with E-state index in [4.69, 9.17) is 0 Å². The van der Waals surface area contributed by atoms with Crippen molar-refractivity contribution in [1.82, 2.24) is 9.55 Å². The normalized spacial score (nSPS) is 11.3. The van der Waals surface area contributed by atoms with E-state index in [1.165, 1.54) is 5.01 Å². The molecule has 3 rings (SSSR count). The second-order valence-electron chi connectivity index (χ2n) is 5.17. The van der Waals surface area contributed by atoms with Gasteiger partial charge in [0, 0.05) is 34.0 Å². The third kappa shape index (κ3) is 2.27. The molecular formula is C16H16N2OS. The average molecular weight is 284 g/mol. The highest BCUT2D eigenvalue weighted by Gasteiger charge is 2.09. The van der Waals surface area contributed by atoms with Gasteiger partial charge in [0.05, 0.1) is 17.2 Å². The number of fused-ring (bicyclic) bond motifs is 1. The van der Waals surface area contributed by atoms with Gasteiger partial charge in [0.15, 0.2) is 6.29 Å². The maximum atomic E-state index is 11.0. The van der Waals surface area contributed by atoms with E-state index in [1.807, 2.05) is 30.5 Å². The molecule has 0 saturated carbocycles. The topological polar surface area (TPSA) is 34.9 Å². The summed E-state index contributed by atoms with van der Waals surface area (Å²) in [6.07, 6.45) is 2.93. The molecule has 0 fully saturated rings. The Bertz CT molecular complexity index is 755. The van der Waals surface area contributed by atoms with Crippen molar-refractivity contribution < 1.29 is 4.79 Å². The molecule has 0 aliphatic rings. The highest BCUT2D eigenvalue weighted by molar-refractivity contribution is 7.09. The minimum Gasteiger partial charge on any atom is -0.341 e. The second-order valence-corrected chi connectivity index (χ2v) is 6.06. The van der Waals surface area contributed by atoms with Crippen LogP contribution in [0.2, 0.25) is 0 Å². The number of aromatic nitrogens is 2. The number of hydrogen-bond acceptors (Lipinski definition) is 3. The lowest BCUT2D eigenvalue weighted by Crippen LogP contribution is -1.99. The molecule has 0 aliphatic heterocycles. The minimum atomic E-state index is 0.469. The molecule has 0 bridgehead atoms. The summed E-state index contributed by atoms with van der Waals surface area (Å²) in [5, 5.41) is 4.29. The standard InChI is InChI=1S/C16H16N2OS/c1-11(2)16-17-13(10-20-16)8-18-7-6-14-12(9-19)4-3-5-15(14)18/h3-7,9-11H,8H2,1-2H3. The maximum Gasteiger partial charge on any atom is 0.150 e. The van der Waals surface area contributed by atoms with Crippen molar-refractivity contribution in [2.45, 2.75) is 26.3 Å². The van der Waals surface area contributed by atoms with Crippen LogP contribution in [0.15, 0.2) is 35.8 Å². The Balaban J connectivity index is 1.96. The van der Waals surface area contributed by atoms with Crippen LogP contribution in [0.4, 0.5) is 0 Å². The summed E-state index contributed by atoms with van der Waals surface area (Å²) in [5.74, 6) is 0.469. The van der Waals surface area contributed by atoms with Crippen LogP contribution in [-0.2, 0) is 6.54 Å². The van der Waals surface area contributed by atoms with Gasteiger partial charge in [-0.2, -0.15) is 0 Å². The summed E-state index contributed by atoms with van der Waals surface area (Å²) in [6, 6.07) is 7.80. The molecule has 0 unspecified atom stereocenters. The van der Waals surface area contributed by atoms with Gasteiger partial charge in [0.1, 0.15) is 0 Å².